The van der Waals surface area contributed by atoms with Crippen LogP contribution in [0.15, 0.2) is 41.4 Å². The molecule has 0 aliphatic carbocycles. The van der Waals surface area contributed by atoms with Crippen molar-refractivity contribution in [3.63, 3.8) is 0 Å². The van der Waals surface area contributed by atoms with Crippen molar-refractivity contribution in [1.29, 1.82) is 0 Å². The highest BCUT2D eigenvalue weighted by atomic mass is 19.1. The maximum atomic E-state index is 13.8. The van der Waals surface area contributed by atoms with Gasteiger partial charge in [0.15, 0.2) is 17.3 Å². The van der Waals surface area contributed by atoms with E-state index in [-0.39, 0.29) is 5.82 Å². The molecular weight excluding hydrogens is 257 g/mol. The van der Waals surface area contributed by atoms with E-state index >= 15 is 0 Å². The Balaban J connectivity index is 2.29. The molecule has 0 amide bonds. The van der Waals surface area contributed by atoms with Gasteiger partial charge in [0.2, 0.25) is 0 Å². The van der Waals surface area contributed by atoms with Gasteiger partial charge in [-0.1, -0.05) is 12.1 Å². The van der Waals surface area contributed by atoms with Gasteiger partial charge in [-0.3, -0.25) is 4.99 Å². The summed E-state index contributed by atoms with van der Waals surface area (Å²) in [6.07, 6.45) is 1.60. The smallest absolute Gasteiger partial charge is 0.161 e. The van der Waals surface area contributed by atoms with Crippen LogP contribution in [0.5, 0.6) is 11.5 Å². The van der Waals surface area contributed by atoms with Gasteiger partial charge < -0.3 is 9.47 Å². The quantitative estimate of drug-likeness (QED) is 0.791. The van der Waals surface area contributed by atoms with Crippen molar-refractivity contribution in [2.75, 3.05) is 14.2 Å². The molecule has 0 radical (unpaired) electrons. The third-order valence-corrected chi connectivity index (χ3v) is 2.93. The number of ether oxygens (including phenoxy) is 2. The minimum Gasteiger partial charge on any atom is -0.493 e. The first kappa shape index (κ1) is 14.1. The minimum absolute atomic E-state index is 0.302. The Morgan fingerprint density at radius 1 is 1.05 bits per heavy atom. The summed E-state index contributed by atoms with van der Waals surface area (Å²) in [5, 5.41) is 0. The molecule has 0 spiro atoms. The van der Waals surface area contributed by atoms with Crippen LogP contribution in [0.25, 0.3) is 0 Å². The van der Waals surface area contributed by atoms with Gasteiger partial charge in [-0.05, 0) is 42.3 Å². The van der Waals surface area contributed by atoms with Crippen molar-refractivity contribution in [2.45, 2.75) is 6.92 Å². The molecule has 2 aromatic rings. The number of aliphatic imine (C=N–C) groups is 1. The average molecular weight is 273 g/mol. The topological polar surface area (TPSA) is 30.8 Å². The Morgan fingerprint density at radius 2 is 1.80 bits per heavy atom. The van der Waals surface area contributed by atoms with E-state index < -0.39 is 0 Å². The number of hydrogen-bond acceptors (Lipinski definition) is 3. The van der Waals surface area contributed by atoms with Crippen LogP contribution in [0.3, 0.4) is 0 Å². The molecule has 0 heterocycles. The zero-order chi connectivity index (χ0) is 14.5. The summed E-state index contributed by atoms with van der Waals surface area (Å²) in [5.74, 6) is 0.955. The standard InChI is InChI=1S/C16H16FNO2/c1-11-5-4-6-13(16(11)17)18-10-12-7-8-14(19-2)15(9-12)20-3/h4-10H,1-3H3. The predicted molar refractivity (Wildman–Crippen MR) is 77.9 cm³/mol. The summed E-state index contributed by atoms with van der Waals surface area (Å²) >= 11 is 0. The fourth-order valence-electron chi connectivity index (χ4n) is 1.81. The number of rotatable bonds is 4. The predicted octanol–water partition coefficient (Wildman–Crippen LogP) is 3.90. The largest absolute Gasteiger partial charge is 0.493 e. The first-order chi connectivity index (χ1) is 9.65. The highest BCUT2D eigenvalue weighted by Gasteiger charge is 2.04. The average Bonchev–Trinajstić information content (AvgIpc) is 2.48. The van der Waals surface area contributed by atoms with Gasteiger partial charge >= 0.3 is 0 Å². The normalized spacial score (nSPS) is 10.8. The van der Waals surface area contributed by atoms with Gasteiger partial charge in [-0.15, -0.1) is 0 Å². The molecule has 0 bridgehead atoms. The van der Waals surface area contributed by atoms with Crippen molar-refractivity contribution in [3.8, 4) is 11.5 Å². The van der Waals surface area contributed by atoms with Crippen molar-refractivity contribution in [2.24, 2.45) is 4.99 Å². The molecular formula is C16H16FNO2. The zero-order valence-corrected chi connectivity index (χ0v) is 11.7. The zero-order valence-electron chi connectivity index (χ0n) is 11.7. The van der Waals surface area contributed by atoms with E-state index in [2.05, 4.69) is 4.99 Å². The Kier molecular flexibility index (Phi) is 4.35. The third-order valence-electron chi connectivity index (χ3n) is 2.93. The highest BCUT2D eigenvalue weighted by molar-refractivity contribution is 5.83. The Labute approximate surface area is 117 Å². The maximum absolute atomic E-state index is 13.8. The second-order valence-corrected chi connectivity index (χ2v) is 4.28. The van der Waals surface area contributed by atoms with Gasteiger partial charge in [0.05, 0.1) is 19.9 Å². The first-order valence-corrected chi connectivity index (χ1v) is 6.17. The summed E-state index contributed by atoms with van der Waals surface area (Å²) in [6.45, 7) is 1.71. The monoisotopic (exact) mass is 273 g/mol. The SMILES string of the molecule is COc1ccc(C=Nc2cccc(C)c2F)cc1OC. The van der Waals surface area contributed by atoms with Crippen LogP contribution in [0, 0.1) is 12.7 Å². The lowest BCUT2D eigenvalue weighted by atomic mass is 10.2. The molecule has 0 N–H and O–H groups in total. The molecule has 2 rings (SSSR count). The molecule has 2 aromatic carbocycles. The summed E-state index contributed by atoms with van der Waals surface area (Å²) in [6, 6.07) is 10.5. The number of aryl methyl sites for hydroxylation is 1. The number of nitrogens with zero attached hydrogens (tertiary/aromatic N) is 1. The van der Waals surface area contributed by atoms with E-state index in [4.69, 9.17) is 9.47 Å². The van der Waals surface area contributed by atoms with E-state index in [0.717, 1.165) is 5.56 Å². The van der Waals surface area contributed by atoms with Crippen LogP contribution in [0.4, 0.5) is 10.1 Å². The highest BCUT2D eigenvalue weighted by Crippen LogP contribution is 2.27. The molecule has 0 aromatic heterocycles. The molecule has 0 aliphatic rings. The van der Waals surface area contributed by atoms with Gasteiger partial charge in [0.1, 0.15) is 0 Å². The molecule has 4 heteroatoms. The van der Waals surface area contributed by atoms with Crippen molar-refractivity contribution >= 4 is 11.9 Å². The Morgan fingerprint density at radius 3 is 2.50 bits per heavy atom. The second-order valence-electron chi connectivity index (χ2n) is 4.28. The fraction of sp³-hybridized carbons (Fsp3) is 0.188. The Bertz CT molecular complexity index is 638. The van der Waals surface area contributed by atoms with Crippen molar-refractivity contribution in [1.82, 2.24) is 0 Å². The molecule has 20 heavy (non-hydrogen) atoms. The van der Waals surface area contributed by atoms with Crippen LogP contribution >= 0.6 is 0 Å². The molecule has 0 saturated heterocycles. The minimum atomic E-state index is -0.302. The molecule has 0 aliphatic heterocycles. The molecule has 0 fully saturated rings. The third kappa shape index (κ3) is 2.96. The van der Waals surface area contributed by atoms with Crippen molar-refractivity contribution < 1.29 is 13.9 Å². The van der Waals surface area contributed by atoms with Crippen LogP contribution in [0.2, 0.25) is 0 Å². The van der Waals surface area contributed by atoms with Crippen LogP contribution in [-0.4, -0.2) is 20.4 Å². The lowest BCUT2D eigenvalue weighted by Crippen LogP contribution is -1.92. The summed E-state index contributed by atoms with van der Waals surface area (Å²) in [7, 11) is 3.15. The van der Waals surface area contributed by atoms with Crippen LogP contribution < -0.4 is 9.47 Å². The summed E-state index contributed by atoms with van der Waals surface area (Å²) < 4.78 is 24.2. The van der Waals surface area contributed by atoms with E-state index in [1.165, 1.54) is 0 Å². The van der Waals surface area contributed by atoms with Gasteiger partial charge in [0.25, 0.3) is 0 Å². The lowest BCUT2D eigenvalue weighted by molar-refractivity contribution is 0.355. The van der Waals surface area contributed by atoms with E-state index in [9.17, 15) is 4.39 Å². The van der Waals surface area contributed by atoms with Crippen LogP contribution in [0.1, 0.15) is 11.1 Å². The summed E-state index contributed by atoms with van der Waals surface area (Å²) in [5.41, 5.74) is 1.70. The molecule has 0 unspecified atom stereocenters. The molecule has 0 atom stereocenters. The maximum Gasteiger partial charge on any atom is 0.161 e. The second kappa shape index (κ2) is 6.19. The number of hydrogen-bond donors (Lipinski definition) is 0. The Hall–Kier alpha value is -2.36. The molecule has 0 saturated carbocycles. The number of halogens is 1. The van der Waals surface area contributed by atoms with Crippen molar-refractivity contribution in [3.05, 3.63) is 53.3 Å². The number of methoxy groups -OCH3 is 2. The van der Waals surface area contributed by atoms with E-state index in [1.54, 1.807) is 57.7 Å². The number of benzene rings is 2. The van der Waals surface area contributed by atoms with E-state index in [1.807, 2.05) is 6.07 Å². The van der Waals surface area contributed by atoms with E-state index in [0.29, 0.717) is 22.7 Å². The van der Waals surface area contributed by atoms with Crippen LogP contribution in [-0.2, 0) is 0 Å². The first-order valence-electron chi connectivity index (χ1n) is 6.17. The molecule has 3 nitrogen and oxygen atoms in total. The molecule has 104 valence electrons. The van der Waals surface area contributed by atoms with Gasteiger partial charge in [0, 0.05) is 6.21 Å². The van der Waals surface area contributed by atoms with Gasteiger partial charge in [-0.2, -0.15) is 0 Å². The van der Waals surface area contributed by atoms with Gasteiger partial charge in [-0.25, -0.2) is 4.39 Å². The lowest BCUT2D eigenvalue weighted by Gasteiger charge is -2.07. The summed E-state index contributed by atoms with van der Waals surface area (Å²) in [4.78, 5) is 4.17. The fourth-order valence-corrected chi connectivity index (χ4v) is 1.81.